The minimum Gasteiger partial charge on any atom is -0.489 e. The molecule has 4 aromatic rings. The van der Waals surface area contributed by atoms with E-state index in [1.54, 1.807) is 41.8 Å². The lowest BCUT2D eigenvalue weighted by molar-refractivity contribution is 0.102. The fourth-order valence-electron chi connectivity index (χ4n) is 2.76. The van der Waals surface area contributed by atoms with Crippen molar-refractivity contribution in [2.75, 3.05) is 5.32 Å². The SMILES string of the molecule is O=C(Nc1cccc(Cl)c1)c1csc(-c2ccc(OCc3ccc(F)c(F)c3)cc2)n1. The van der Waals surface area contributed by atoms with Gasteiger partial charge in [-0.1, -0.05) is 23.7 Å². The van der Waals surface area contributed by atoms with E-state index in [9.17, 15) is 13.6 Å². The number of carbonyl (C=O) groups excluding carboxylic acids is 1. The highest BCUT2D eigenvalue weighted by molar-refractivity contribution is 7.13. The number of thiazole rings is 1. The minimum atomic E-state index is -0.907. The molecule has 31 heavy (non-hydrogen) atoms. The molecule has 0 saturated carbocycles. The lowest BCUT2D eigenvalue weighted by Gasteiger charge is -2.07. The summed E-state index contributed by atoms with van der Waals surface area (Å²) in [6, 6.07) is 17.7. The van der Waals surface area contributed by atoms with E-state index in [1.807, 2.05) is 12.1 Å². The highest BCUT2D eigenvalue weighted by Gasteiger charge is 2.13. The summed E-state index contributed by atoms with van der Waals surface area (Å²) in [7, 11) is 0. The molecule has 156 valence electrons. The summed E-state index contributed by atoms with van der Waals surface area (Å²) in [6.07, 6.45) is 0. The first-order valence-electron chi connectivity index (χ1n) is 9.17. The Morgan fingerprint density at radius 3 is 2.58 bits per heavy atom. The molecule has 0 saturated heterocycles. The number of nitrogens with zero attached hydrogens (tertiary/aromatic N) is 1. The number of hydrogen-bond donors (Lipinski definition) is 1. The van der Waals surface area contributed by atoms with Gasteiger partial charge in [-0.2, -0.15) is 0 Å². The van der Waals surface area contributed by atoms with Gasteiger partial charge in [-0.15, -0.1) is 11.3 Å². The number of carbonyl (C=O) groups is 1. The van der Waals surface area contributed by atoms with Gasteiger partial charge in [0.1, 0.15) is 23.1 Å². The van der Waals surface area contributed by atoms with E-state index in [1.165, 1.54) is 17.4 Å². The van der Waals surface area contributed by atoms with Crippen LogP contribution in [-0.2, 0) is 6.61 Å². The first-order valence-corrected chi connectivity index (χ1v) is 10.4. The lowest BCUT2D eigenvalue weighted by atomic mass is 10.2. The number of ether oxygens (including phenoxy) is 1. The molecule has 0 atom stereocenters. The molecule has 1 amide bonds. The Morgan fingerprint density at radius 2 is 1.84 bits per heavy atom. The largest absolute Gasteiger partial charge is 0.489 e. The molecule has 0 fully saturated rings. The predicted molar refractivity (Wildman–Crippen MR) is 118 cm³/mol. The van der Waals surface area contributed by atoms with Crippen LogP contribution in [-0.4, -0.2) is 10.9 Å². The zero-order valence-electron chi connectivity index (χ0n) is 15.9. The van der Waals surface area contributed by atoms with Crippen molar-refractivity contribution in [3.8, 4) is 16.3 Å². The Labute approximate surface area is 186 Å². The summed E-state index contributed by atoms with van der Waals surface area (Å²) >= 11 is 7.28. The Kier molecular flexibility index (Phi) is 6.25. The summed E-state index contributed by atoms with van der Waals surface area (Å²) in [6.45, 7) is 0.113. The van der Waals surface area contributed by atoms with Crippen molar-refractivity contribution in [1.82, 2.24) is 4.98 Å². The van der Waals surface area contributed by atoms with E-state index in [-0.39, 0.29) is 12.5 Å². The van der Waals surface area contributed by atoms with Gasteiger partial charge in [-0.25, -0.2) is 13.8 Å². The van der Waals surface area contributed by atoms with Crippen molar-refractivity contribution >= 4 is 34.5 Å². The van der Waals surface area contributed by atoms with E-state index in [2.05, 4.69) is 10.3 Å². The van der Waals surface area contributed by atoms with Gasteiger partial charge in [-0.3, -0.25) is 4.79 Å². The normalized spacial score (nSPS) is 10.7. The molecular weight excluding hydrogens is 442 g/mol. The van der Waals surface area contributed by atoms with Gasteiger partial charge in [-0.05, 0) is 60.2 Å². The average Bonchev–Trinajstić information content (AvgIpc) is 3.25. The van der Waals surface area contributed by atoms with Crippen molar-refractivity contribution < 1.29 is 18.3 Å². The maximum Gasteiger partial charge on any atom is 0.275 e. The van der Waals surface area contributed by atoms with Crippen LogP contribution in [0.2, 0.25) is 5.02 Å². The van der Waals surface area contributed by atoms with Gasteiger partial charge in [0.05, 0.1) is 0 Å². The third kappa shape index (κ3) is 5.25. The standard InChI is InChI=1S/C23H15ClF2N2O2S/c24-16-2-1-3-17(11-16)27-22(29)21-13-31-23(28-21)15-5-7-18(8-6-15)30-12-14-4-9-19(25)20(26)10-14/h1-11,13H,12H2,(H,27,29). The van der Waals surface area contributed by atoms with E-state index in [4.69, 9.17) is 16.3 Å². The van der Waals surface area contributed by atoms with Crippen LogP contribution >= 0.6 is 22.9 Å². The Morgan fingerprint density at radius 1 is 1.03 bits per heavy atom. The van der Waals surface area contributed by atoms with Gasteiger partial charge in [0.25, 0.3) is 5.91 Å². The fraction of sp³-hybridized carbons (Fsp3) is 0.0435. The summed E-state index contributed by atoms with van der Waals surface area (Å²) in [5.74, 6) is -1.55. The van der Waals surface area contributed by atoms with Crippen LogP contribution in [0.15, 0.2) is 72.1 Å². The zero-order chi connectivity index (χ0) is 21.8. The molecule has 0 aliphatic heterocycles. The molecule has 0 radical (unpaired) electrons. The molecular formula is C23H15ClF2N2O2S. The first kappa shape index (κ1) is 21.0. The van der Waals surface area contributed by atoms with E-state index < -0.39 is 11.6 Å². The van der Waals surface area contributed by atoms with Gasteiger partial charge in [0.2, 0.25) is 0 Å². The summed E-state index contributed by atoms with van der Waals surface area (Å²) < 4.78 is 31.9. The van der Waals surface area contributed by atoms with E-state index in [0.29, 0.717) is 32.7 Å². The quantitative estimate of drug-likeness (QED) is 0.357. The number of amides is 1. The van der Waals surface area contributed by atoms with Crippen LogP contribution in [0.1, 0.15) is 16.1 Å². The number of nitrogens with one attached hydrogen (secondary N) is 1. The van der Waals surface area contributed by atoms with Crippen molar-refractivity contribution in [2.45, 2.75) is 6.61 Å². The summed E-state index contributed by atoms with van der Waals surface area (Å²) in [5, 5.41) is 5.66. The third-order valence-corrected chi connectivity index (χ3v) is 5.44. The molecule has 3 aromatic carbocycles. The van der Waals surface area contributed by atoms with E-state index >= 15 is 0 Å². The zero-order valence-corrected chi connectivity index (χ0v) is 17.5. The predicted octanol–water partition coefficient (Wildman–Crippen LogP) is 6.57. The summed E-state index contributed by atoms with van der Waals surface area (Å²) in [4.78, 5) is 16.8. The van der Waals surface area contributed by atoms with Crippen LogP contribution in [0, 0.1) is 11.6 Å². The Bertz CT molecular complexity index is 1230. The number of rotatable bonds is 6. The summed E-state index contributed by atoms with van der Waals surface area (Å²) in [5.41, 5.74) is 2.25. The molecule has 0 bridgehead atoms. The minimum absolute atomic E-state index is 0.113. The van der Waals surface area contributed by atoms with Crippen molar-refractivity contribution in [3.05, 3.63) is 100 Å². The Hall–Kier alpha value is -3.29. The molecule has 0 unspecified atom stereocenters. The van der Waals surface area contributed by atoms with Gasteiger partial charge < -0.3 is 10.1 Å². The van der Waals surface area contributed by atoms with Crippen LogP contribution in [0.5, 0.6) is 5.75 Å². The van der Waals surface area contributed by atoms with Crippen LogP contribution in [0.3, 0.4) is 0 Å². The molecule has 0 spiro atoms. The van der Waals surface area contributed by atoms with Crippen molar-refractivity contribution in [3.63, 3.8) is 0 Å². The second kappa shape index (κ2) is 9.24. The highest BCUT2D eigenvalue weighted by atomic mass is 35.5. The van der Waals surface area contributed by atoms with Crippen LogP contribution < -0.4 is 10.1 Å². The fourth-order valence-corrected chi connectivity index (χ4v) is 3.76. The highest BCUT2D eigenvalue weighted by Crippen LogP contribution is 2.27. The molecule has 1 heterocycles. The first-order chi connectivity index (χ1) is 15.0. The van der Waals surface area contributed by atoms with Crippen LogP contribution in [0.25, 0.3) is 10.6 Å². The van der Waals surface area contributed by atoms with Gasteiger partial charge >= 0.3 is 0 Å². The van der Waals surface area contributed by atoms with E-state index in [0.717, 1.165) is 17.7 Å². The topological polar surface area (TPSA) is 51.2 Å². The number of aromatic nitrogens is 1. The number of halogens is 3. The number of anilines is 1. The van der Waals surface area contributed by atoms with Gasteiger partial charge in [0, 0.05) is 21.7 Å². The molecule has 1 N–H and O–H groups in total. The lowest BCUT2D eigenvalue weighted by Crippen LogP contribution is -2.12. The molecule has 0 aliphatic rings. The molecule has 1 aromatic heterocycles. The maximum atomic E-state index is 13.3. The number of benzene rings is 3. The van der Waals surface area contributed by atoms with Crippen molar-refractivity contribution in [2.24, 2.45) is 0 Å². The maximum absolute atomic E-state index is 13.3. The number of hydrogen-bond acceptors (Lipinski definition) is 4. The smallest absolute Gasteiger partial charge is 0.275 e. The van der Waals surface area contributed by atoms with Gasteiger partial charge in [0.15, 0.2) is 11.6 Å². The molecule has 4 nitrogen and oxygen atoms in total. The third-order valence-electron chi connectivity index (χ3n) is 4.31. The van der Waals surface area contributed by atoms with Crippen molar-refractivity contribution in [1.29, 1.82) is 0 Å². The monoisotopic (exact) mass is 456 g/mol. The molecule has 0 aliphatic carbocycles. The molecule has 4 rings (SSSR count). The molecule has 8 heteroatoms. The second-order valence-corrected chi connectivity index (χ2v) is 7.86. The second-order valence-electron chi connectivity index (χ2n) is 6.56. The average molecular weight is 457 g/mol. The van der Waals surface area contributed by atoms with Crippen LogP contribution in [0.4, 0.5) is 14.5 Å². The Balaban J connectivity index is 1.39.